The maximum atomic E-state index is 2.38. The van der Waals surface area contributed by atoms with Gasteiger partial charge in [0, 0.05) is 0 Å². The summed E-state index contributed by atoms with van der Waals surface area (Å²) in [7, 11) is 0. The second kappa shape index (κ2) is 9.22. The molecule has 2 aromatic rings. The zero-order valence-corrected chi connectivity index (χ0v) is 16.1. The van der Waals surface area contributed by atoms with E-state index >= 15 is 0 Å². The Morgan fingerprint density at radius 3 is 1.88 bits per heavy atom. The van der Waals surface area contributed by atoms with Gasteiger partial charge < -0.3 is 0 Å². The van der Waals surface area contributed by atoms with Gasteiger partial charge in [0.2, 0.25) is 0 Å². The Hall–Kier alpha value is -1.56. The van der Waals surface area contributed by atoms with Crippen LogP contribution in [-0.2, 0) is 6.42 Å². The summed E-state index contributed by atoms with van der Waals surface area (Å²) >= 11 is 0. The summed E-state index contributed by atoms with van der Waals surface area (Å²) in [6.07, 6.45) is 12.2. The summed E-state index contributed by atoms with van der Waals surface area (Å²) in [4.78, 5) is 0. The van der Waals surface area contributed by atoms with Gasteiger partial charge in [-0.3, -0.25) is 0 Å². The van der Waals surface area contributed by atoms with Crippen LogP contribution >= 0.6 is 0 Å². The van der Waals surface area contributed by atoms with Crippen molar-refractivity contribution in [1.82, 2.24) is 0 Å². The Bertz CT molecular complexity index is 612. The quantitative estimate of drug-likeness (QED) is 0.485. The molecule has 2 aromatic carbocycles. The van der Waals surface area contributed by atoms with Crippen LogP contribution in [0.2, 0.25) is 0 Å². The molecule has 1 aliphatic rings. The van der Waals surface area contributed by atoms with E-state index in [2.05, 4.69) is 62.4 Å². The molecule has 0 atom stereocenters. The van der Waals surface area contributed by atoms with Crippen molar-refractivity contribution in [3.05, 3.63) is 59.7 Å². The Labute approximate surface area is 154 Å². The molecule has 0 aliphatic heterocycles. The van der Waals surface area contributed by atoms with Gasteiger partial charge in [0.1, 0.15) is 0 Å². The summed E-state index contributed by atoms with van der Waals surface area (Å²) in [6.45, 7) is 4.58. The van der Waals surface area contributed by atoms with E-state index in [1.807, 2.05) is 0 Å². The van der Waals surface area contributed by atoms with Crippen molar-refractivity contribution in [3.8, 4) is 11.1 Å². The maximum absolute atomic E-state index is 2.38. The first-order valence-corrected chi connectivity index (χ1v) is 10.5. The zero-order chi connectivity index (χ0) is 17.5. The van der Waals surface area contributed by atoms with Crippen LogP contribution in [0.3, 0.4) is 0 Å². The van der Waals surface area contributed by atoms with Gasteiger partial charge in [-0.1, -0.05) is 81.6 Å². The molecule has 0 heteroatoms. The van der Waals surface area contributed by atoms with Gasteiger partial charge in [0.05, 0.1) is 0 Å². The Morgan fingerprint density at radius 1 is 0.720 bits per heavy atom. The first kappa shape index (κ1) is 18.2. The van der Waals surface area contributed by atoms with Crippen LogP contribution in [-0.4, -0.2) is 0 Å². The van der Waals surface area contributed by atoms with Crippen molar-refractivity contribution in [1.29, 1.82) is 0 Å². The average Bonchev–Trinajstić information content (AvgIpc) is 2.68. The predicted molar refractivity (Wildman–Crippen MR) is 110 cm³/mol. The van der Waals surface area contributed by atoms with Gasteiger partial charge in [-0.05, 0) is 72.6 Å². The van der Waals surface area contributed by atoms with Crippen LogP contribution in [0, 0.1) is 5.92 Å². The second-order valence-electron chi connectivity index (χ2n) is 7.93. The van der Waals surface area contributed by atoms with Crippen molar-refractivity contribution in [2.24, 2.45) is 5.92 Å². The third-order valence-corrected chi connectivity index (χ3v) is 6.03. The number of hydrogen-bond donors (Lipinski definition) is 0. The van der Waals surface area contributed by atoms with Gasteiger partial charge in [0.15, 0.2) is 0 Å². The Morgan fingerprint density at radius 2 is 1.32 bits per heavy atom. The maximum Gasteiger partial charge on any atom is -0.0162 e. The molecular weight excluding hydrogens is 300 g/mol. The van der Waals surface area contributed by atoms with Crippen molar-refractivity contribution >= 4 is 0 Å². The standard InChI is InChI=1S/C25H34/c1-3-5-7-21-10-14-23(15-11-21)25-18-16-24(17-19-25)22-12-8-20(6-4-2)9-13-22/h10-11,14-20,22H,3-9,12-13H2,1-2H3. The normalized spacial score (nSPS) is 20.6. The monoisotopic (exact) mass is 334 g/mol. The minimum Gasteiger partial charge on any atom is -0.0654 e. The highest BCUT2D eigenvalue weighted by molar-refractivity contribution is 5.64. The molecule has 0 N–H and O–H groups in total. The number of rotatable bonds is 7. The van der Waals surface area contributed by atoms with E-state index in [-0.39, 0.29) is 0 Å². The minimum absolute atomic E-state index is 0.790. The number of benzene rings is 2. The molecule has 0 spiro atoms. The molecule has 1 fully saturated rings. The van der Waals surface area contributed by atoms with Crippen molar-refractivity contribution in [3.63, 3.8) is 0 Å². The highest BCUT2D eigenvalue weighted by Gasteiger charge is 2.21. The smallest absolute Gasteiger partial charge is 0.0162 e. The minimum atomic E-state index is 0.790. The summed E-state index contributed by atoms with van der Waals surface area (Å²) in [5.41, 5.74) is 5.72. The second-order valence-corrected chi connectivity index (χ2v) is 7.93. The van der Waals surface area contributed by atoms with Gasteiger partial charge in [-0.2, -0.15) is 0 Å². The van der Waals surface area contributed by atoms with E-state index in [1.165, 1.54) is 74.5 Å². The molecule has 0 amide bonds. The lowest BCUT2D eigenvalue weighted by Crippen LogP contribution is -2.13. The zero-order valence-electron chi connectivity index (χ0n) is 16.1. The molecular formula is C25H34. The van der Waals surface area contributed by atoms with E-state index in [0.717, 1.165) is 11.8 Å². The van der Waals surface area contributed by atoms with E-state index in [0.29, 0.717) is 0 Å². The van der Waals surface area contributed by atoms with Gasteiger partial charge in [-0.15, -0.1) is 0 Å². The molecule has 1 saturated carbocycles. The van der Waals surface area contributed by atoms with Crippen LogP contribution in [0.1, 0.15) is 82.3 Å². The summed E-state index contributed by atoms with van der Waals surface area (Å²) in [5.74, 6) is 1.78. The van der Waals surface area contributed by atoms with Gasteiger partial charge in [0.25, 0.3) is 0 Å². The molecule has 0 nitrogen and oxygen atoms in total. The van der Waals surface area contributed by atoms with E-state index in [1.54, 1.807) is 5.56 Å². The largest absolute Gasteiger partial charge is 0.0654 e. The number of aryl methyl sites for hydroxylation is 1. The topological polar surface area (TPSA) is 0 Å². The third-order valence-electron chi connectivity index (χ3n) is 6.03. The predicted octanol–water partition coefficient (Wildman–Crippen LogP) is 7.77. The number of hydrogen-bond acceptors (Lipinski definition) is 0. The fourth-order valence-electron chi connectivity index (χ4n) is 4.39. The van der Waals surface area contributed by atoms with E-state index in [4.69, 9.17) is 0 Å². The fraction of sp³-hybridized carbons (Fsp3) is 0.520. The highest BCUT2D eigenvalue weighted by Crippen LogP contribution is 2.38. The van der Waals surface area contributed by atoms with Crippen molar-refractivity contribution < 1.29 is 0 Å². The summed E-state index contributed by atoms with van der Waals surface area (Å²) < 4.78 is 0. The first-order valence-electron chi connectivity index (χ1n) is 10.5. The van der Waals surface area contributed by atoms with Crippen molar-refractivity contribution in [2.75, 3.05) is 0 Å². The van der Waals surface area contributed by atoms with Crippen LogP contribution in [0.15, 0.2) is 48.5 Å². The summed E-state index contributed by atoms with van der Waals surface area (Å²) in [5, 5.41) is 0. The van der Waals surface area contributed by atoms with E-state index in [9.17, 15) is 0 Å². The highest BCUT2D eigenvalue weighted by atomic mass is 14.3. The SMILES string of the molecule is CCCCc1ccc(-c2ccc(C3CCC(CCC)CC3)cc2)cc1. The van der Waals surface area contributed by atoms with Crippen molar-refractivity contribution in [2.45, 2.75) is 77.6 Å². The van der Waals surface area contributed by atoms with E-state index < -0.39 is 0 Å². The van der Waals surface area contributed by atoms with Gasteiger partial charge in [-0.25, -0.2) is 0 Å². The lowest BCUT2D eigenvalue weighted by Gasteiger charge is -2.28. The van der Waals surface area contributed by atoms with Gasteiger partial charge >= 0.3 is 0 Å². The molecule has 0 unspecified atom stereocenters. The van der Waals surface area contributed by atoms with Crippen LogP contribution in [0.25, 0.3) is 11.1 Å². The van der Waals surface area contributed by atoms with Crippen LogP contribution < -0.4 is 0 Å². The fourth-order valence-corrected chi connectivity index (χ4v) is 4.39. The molecule has 0 saturated heterocycles. The molecule has 0 radical (unpaired) electrons. The lowest BCUT2D eigenvalue weighted by molar-refractivity contribution is 0.308. The molecule has 134 valence electrons. The molecule has 25 heavy (non-hydrogen) atoms. The molecule has 0 aromatic heterocycles. The molecule has 1 aliphatic carbocycles. The molecule has 0 heterocycles. The van der Waals surface area contributed by atoms with Crippen LogP contribution in [0.4, 0.5) is 0 Å². The summed E-state index contributed by atoms with van der Waals surface area (Å²) in [6, 6.07) is 18.6. The average molecular weight is 335 g/mol. The van der Waals surface area contributed by atoms with Crippen LogP contribution in [0.5, 0.6) is 0 Å². The Balaban J connectivity index is 1.60. The molecule has 3 rings (SSSR count). The molecule has 0 bridgehead atoms. The third kappa shape index (κ3) is 4.97. The number of unbranched alkanes of at least 4 members (excludes halogenated alkanes) is 1. The Kier molecular flexibility index (Phi) is 6.73. The first-order chi connectivity index (χ1) is 12.3. The lowest BCUT2D eigenvalue weighted by atomic mass is 9.77.